The highest BCUT2D eigenvalue weighted by atomic mass is 32.1. The molecule has 1 saturated carbocycles. The number of carbonyl (C=O) groups is 1. The highest BCUT2D eigenvalue weighted by Gasteiger charge is 2.50. The SMILES string of the molecule is O=C(NC(c1ccccc1)C1(N2CCCC2)CCC1)c1cccc2ccsc12. The van der Waals surface area contributed by atoms with E-state index in [1.54, 1.807) is 11.3 Å². The van der Waals surface area contributed by atoms with Crippen LogP contribution in [0, 0.1) is 0 Å². The van der Waals surface area contributed by atoms with Crippen molar-refractivity contribution in [1.82, 2.24) is 10.2 Å². The number of nitrogens with one attached hydrogen (secondary N) is 1. The van der Waals surface area contributed by atoms with Crippen LogP contribution in [0.2, 0.25) is 0 Å². The first-order valence-electron chi connectivity index (χ1n) is 10.3. The van der Waals surface area contributed by atoms with Crippen molar-refractivity contribution in [3.05, 3.63) is 71.1 Å². The van der Waals surface area contributed by atoms with Gasteiger partial charge in [0.05, 0.1) is 11.6 Å². The Labute approximate surface area is 170 Å². The summed E-state index contributed by atoms with van der Waals surface area (Å²) in [6.07, 6.45) is 6.11. The van der Waals surface area contributed by atoms with Crippen molar-refractivity contribution in [3.8, 4) is 0 Å². The van der Waals surface area contributed by atoms with Gasteiger partial charge in [0.1, 0.15) is 0 Å². The number of thiophene rings is 1. The lowest BCUT2D eigenvalue weighted by Crippen LogP contribution is -2.60. The first kappa shape index (κ1) is 17.9. The van der Waals surface area contributed by atoms with Crippen LogP contribution in [0.25, 0.3) is 10.1 Å². The minimum absolute atomic E-state index is 0.0308. The van der Waals surface area contributed by atoms with Gasteiger partial charge in [0.25, 0.3) is 5.91 Å². The molecule has 1 aromatic heterocycles. The zero-order valence-corrected chi connectivity index (χ0v) is 16.9. The maximum atomic E-state index is 13.4. The summed E-state index contributed by atoms with van der Waals surface area (Å²) in [6.45, 7) is 2.30. The molecule has 3 aromatic rings. The summed E-state index contributed by atoms with van der Waals surface area (Å²) in [6, 6.07) is 18.7. The van der Waals surface area contributed by atoms with Crippen LogP contribution < -0.4 is 5.32 Å². The first-order valence-corrected chi connectivity index (χ1v) is 11.2. The van der Waals surface area contributed by atoms with Crippen molar-refractivity contribution < 1.29 is 4.79 Å². The van der Waals surface area contributed by atoms with Gasteiger partial charge in [-0.1, -0.05) is 42.5 Å². The van der Waals surface area contributed by atoms with Crippen molar-refractivity contribution in [1.29, 1.82) is 0 Å². The first-order chi connectivity index (χ1) is 13.8. The summed E-state index contributed by atoms with van der Waals surface area (Å²) < 4.78 is 1.08. The Morgan fingerprint density at radius 2 is 1.75 bits per heavy atom. The van der Waals surface area contributed by atoms with Gasteiger partial charge in [0.2, 0.25) is 0 Å². The van der Waals surface area contributed by atoms with Gasteiger partial charge in [0, 0.05) is 10.2 Å². The number of nitrogens with zero attached hydrogens (tertiary/aromatic N) is 1. The van der Waals surface area contributed by atoms with Crippen molar-refractivity contribution in [2.75, 3.05) is 13.1 Å². The lowest BCUT2D eigenvalue weighted by molar-refractivity contribution is -0.000402. The van der Waals surface area contributed by atoms with Crippen LogP contribution in [0.15, 0.2) is 60.0 Å². The number of amides is 1. The predicted molar refractivity (Wildman–Crippen MR) is 116 cm³/mol. The number of fused-ring (bicyclic) bond motifs is 1. The molecule has 3 nitrogen and oxygen atoms in total. The summed E-state index contributed by atoms with van der Waals surface area (Å²) in [5.41, 5.74) is 2.08. The van der Waals surface area contributed by atoms with E-state index in [2.05, 4.69) is 58.1 Å². The van der Waals surface area contributed by atoms with Gasteiger partial charge in [-0.25, -0.2) is 0 Å². The van der Waals surface area contributed by atoms with Crippen molar-refractivity contribution in [2.24, 2.45) is 0 Å². The number of hydrogen-bond acceptors (Lipinski definition) is 3. The molecule has 2 fully saturated rings. The summed E-state index contributed by atoms with van der Waals surface area (Å²) >= 11 is 1.65. The molecule has 1 N–H and O–H groups in total. The fourth-order valence-corrected chi connectivity index (χ4v) is 5.95. The Hall–Kier alpha value is -2.17. The Kier molecular flexibility index (Phi) is 4.69. The van der Waals surface area contributed by atoms with Crippen LogP contribution in [0.5, 0.6) is 0 Å². The molecule has 28 heavy (non-hydrogen) atoms. The Bertz CT molecular complexity index is 970. The van der Waals surface area contributed by atoms with Crippen molar-refractivity contribution >= 4 is 27.3 Å². The third-order valence-corrected chi connectivity index (χ3v) is 7.59. The monoisotopic (exact) mass is 390 g/mol. The molecule has 0 bridgehead atoms. The molecule has 1 atom stereocenters. The van der Waals surface area contributed by atoms with Crippen LogP contribution in [0.3, 0.4) is 0 Å². The predicted octanol–water partition coefficient (Wildman–Crippen LogP) is 5.39. The molecule has 2 aliphatic rings. The lowest BCUT2D eigenvalue weighted by Gasteiger charge is -2.54. The van der Waals surface area contributed by atoms with Crippen molar-refractivity contribution in [2.45, 2.75) is 43.7 Å². The normalized spacial score (nSPS) is 20.0. The topological polar surface area (TPSA) is 32.3 Å². The van der Waals surface area contributed by atoms with E-state index < -0.39 is 0 Å². The van der Waals surface area contributed by atoms with Gasteiger partial charge >= 0.3 is 0 Å². The second-order valence-corrected chi connectivity index (χ2v) is 9.03. The Balaban J connectivity index is 1.52. The largest absolute Gasteiger partial charge is 0.343 e. The zero-order chi connectivity index (χ0) is 19.0. The standard InChI is InChI=1S/C24H26N2OS/c27-23(20-11-6-10-18-12-17-28-21(18)20)25-22(19-8-2-1-3-9-19)24(13-7-14-24)26-15-4-5-16-26/h1-3,6,8-12,17,22H,4-5,7,13-16H2,(H,25,27). The molecule has 0 spiro atoms. The molecule has 144 valence electrons. The van der Waals surface area contributed by atoms with E-state index in [1.807, 2.05) is 12.1 Å². The van der Waals surface area contributed by atoms with E-state index in [4.69, 9.17) is 0 Å². The average molecular weight is 391 g/mol. The Morgan fingerprint density at radius 3 is 2.46 bits per heavy atom. The third-order valence-electron chi connectivity index (χ3n) is 6.62. The van der Waals surface area contributed by atoms with E-state index in [-0.39, 0.29) is 17.5 Å². The van der Waals surface area contributed by atoms with Gasteiger partial charge in [-0.2, -0.15) is 0 Å². The fourth-order valence-electron chi connectivity index (χ4n) is 5.04. The van der Waals surface area contributed by atoms with E-state index in [1.165, 1.54) is 24.8 Å². The molecule has 2 heterocycles. The quantitative estimate of drug-likeness (QED) is 0.633. The maximum Gasteiger partial charge on any atom is 0.253 e. The van der Waals surface area contributed by atoms with Crippen LogP contribution >= 0.6 is 11.3 Å². The smallest absolute Gasteiger partial charge is 0.253 e. The van der Waals surface area contributed by atoms with Gasteiger partial charge in [0.15, 0.2) is 0 Å². The number of carbonyl (C=O) groups excluding carboxylic acids is 1. The van der Waals surface area contributed by atoms with Gasteiger partial charge < -0.3 is 5.32 Å². The number of likely N-dealkylation sites (tertiary alicyclic amines) is 1. The molecule has 1 saturated heterocycles. The van der Waals surface area contributed by atoms with Gasteiger partial charge in [-0.05, 0) is 73.7 Å². The molecule has 2 aromatic carbocycles. The van der Waals surface area contributed by atoms with E-state index >= 15 is 0 Å². The van der Waals surface area contributed by atoms with Crippen LogP contribution in [0.4, 0.5) is 0 Å². The highest BCUT2D eigenvalue weighted by molar-refractivity contribution is 7.17. The van der Waals surface area contributed by atoms with Crippen molar-refractivity contribution in [3.63, 3.8) is 0 Å². The molecule has 1 aliphatic heterocycles. The molecular formula is C24H26N2OS. The summed E-state index contributed by atoms with van der Waals surface area (Å²) in [5, 5.41) is 6.69. The number of benzene rings is 2. The van der Waals surface area contributed by atoms with Gasteiger partial charge in [-0.3, -0.25) is 9.69 Å². The van der Waals surface area contributed by atoms with Crippen LogP contribution in [-0.4, -0.2) is 29.4 Å². The summed E-state index contributed by atoms with van der Waals surface area (Å²) in [5.74, 6) is 0.0485. The molecular weight excluding hydrogens is 364 g/mol. The van der Waals surface area contributed by atoms with Crippen LogP contribution in [-0.2, 0) is 0 Å². The summed E-state index contributed by atoms with van der Waals surface area (Å²) in [7, 11) is 0. The van der Waals surface area contributed by atoms with E-state index in [0.717, 1.165) is 41.6 Å². The second kappa shape index (κ2) is 7.34. The number of rotatable bonds is 5. The van der Waals surface area contributed by atoms with E-state index in [9.17, 15) is 4.79 Å². The zero-order valence-electron chi connectivity index (χ0n) is 16.1. The van der Waals surface area contributed by atoms with E-state index in [0.29, 0.717) is 0 Å². The van der Waals surface area contributed by atoms with Gasteiger partial charge in [-0.15, -0.1) is 11.3 Å². The molecule has 1 aliphatic carbocycles. The minimum atomic E-state index is 0.0308. The highest BCUT2D eigenvalue weighted by Crippen LogP contribution is 2.48. The Morgan fingerprint density at radius 1 is 0.964 bits per heavy atom. The fraction of sp³-hybridized carbons (Fsp3) is 0.375. The molecule has 4 heteroatoms. The summed E-state index contributed by atoms with van der Waals surface area (Å²) in [4.78, 5) is 16.1. The average Bonchev–Trinajstić information content (AvgIpc) is 3.39. The molecule has 1 amide bonds. The number of hydrogen-bond donors (Lipinski definition) is 1. The third kappa shape index (κ3) is 2.96. The second-order valence-electron chi connectivity index (χ2n) is 8.11. The lowest BCUT2D eigenvalue weighted by atomic mass is 9.68. The molecule has 0 radical (unpaired) electrons. The molecule has 5 rings (SSSR count). The molecule has 1 unspecified atom stereocenters. The maximum absolute atomic E-state index is 13.4. The minimum Gasteiger partial charge on any atom is -0.343 e. The van der Waals surface area contributed by atoms with Crippen LogP contribution in [0.1, 0.15) is 54.1 Å².